The minimum atomic E-state index is -0.273. The van der Waals surface area contributed by atoms with Crippen LogP contribution in [0.2, 0.25) is 0 Å². The molecule has 0 bridgehead atoms. The third kappa shape index (κ3) is 9.38. The molecule has 0 unspecified atom stereocenters. The van der Waals surface area contributed by atoms with Crippen molar-refractivity contribution in [2.24, 2.45) is 0 Å². The van der Waals surface area contributed by atoms with Gasteiger partial charge in [-0.1, -0.05) is 0 Å². The Balaban J connectivity index is -0.000000196. The Bertz CT molecular complexity index is 254. The van der Waals surface area contributed by atoms with Crippen LogP contribution in [-0.4, -0.2) is 23.6 Å². The van der Waals surface area contributed by atoms with Crippen LogP contribution in [0.1, 0.15) is 25.7 Å². The molecule has 2 heterocycles. The van der Waals surface area contributed by atoms with Crippen LogP contribution in [0.4, 0.5) is 0 Å². The van der Waals surface area contributed by atoms with Gasteiger partial charge in [-0.05, 0) is 25.7 Å². The van der Waals surface area contributed by atoms with Crippen molar-refractivity contribution in [2.75, 3.05) is 0 Å². The van der Waals surface area contributed by atoms with Gasteiger partial charge >= 0.3 is 21.1 Å². The predicted molar refractivity (Wildman–Crippen MR) is 59.9 cm³/mol. The summed E-state index contributed by atoms with van der Waals surface area (Å²) in [6.07, 6.45) is 1.27. The molecule has 2 rings (SSSR count). The summed E-state index contributed by atoms with van der Waals surface area (Å²) in [5.41, 5.74) is 0. The molecule has 17 heavy (non-hydrogen) atoms. The molecule has 0 N–H and O–H groups in total. The first-order valence-corrected chi connectivity index (χ1v) is 4.13. The molecule has 2 aliphatic rings. The summed E-state index contributed by atoms with van der Waals surface area (Å²) in [4.78, 5) is 40.3. The predicted octanol–water partition coefficient (Wildman–Crippen LogP) is 0.407. The van der Waals surface area contributed by atoms with Crippen molar-refractivity contribution in [3.8, 4) is 0 Å². The second-order valence-electron chi connectivity index (χ2n) is 2.80. The van der Waals surface area contributed by atoms with Gasteiger partial charge in [-0.15, -0.1) is 0 Å². The number of imide groups is 2. The normalized spacial score (nSPS) is 16.5. The molecule has 0 saturated carbocycles. The monoisotopic (exact) mass is 358 g/mol. The zero-order valence-electron chi connectivity index (χ0n) is 8.58. The van der Waals surface area contributed by atoms with E-state index in [9.17, 15) is 19.2 Å². The van der Waals surface area contributed by atoms with Crippen molar-refractivity contribution in [1.29, 1.82) is 0 Å². The van der Waals surface area contributed by atoms with E-state index in [2.05, 4.69) is 10.6 Å². The Hall–Kier alpha value is -0.332. The Labute approximate surface area is 127 Å². The summed E-state index contributed by atoms with van der Waals surface area (Å²) in [7, 11) is 0. The molecule has 92 valence electrons. The van der Waals surface area contributed by atoms with Crippen LogP contribution in [0.25, 0.3) is 10.6 Å². The maximum atomic E-state index is 10.1. The number of hydrogen-bond donors (Lipinski definition) is 0. The number of carbonyl (C=O) groups excluding carboxylic acids is 4. The Kier molecular flexibility index (Phi) is 13.9. The molecule has 6 nitrogen and oxygen atoms in total. The van der Waals surface area contributed by atoms with Crippen LogP contribution in [0.5, 0.6) is 0 Å². The van der Waals surface area contributed by atoms with Crippen LogP contribution < -0.4 is 0 Å². The Morgan fingerprint density at radius 3 is 0.824 bits per heavy atom. The van der Waals surface area contributed by atoms with Crippen LogP contribution in [-0.2, 0) is 67.2 Å². The molecule has 0 aromatic heterocycles. The minimum Gasteiger partial charge on any atom is -2.00 e. The van der Waals surface area contributed by atoms with Crippen LogP contribution in [0.15, 0.2) is 0 Å². The van der Waals surface area contributed by atoms with Crippen LogP contribution >= 0.6 is 0 Å². The zero-order chi connectivity index (χ0) is 10.6. The molecular formula is C8H8MoN2O4S2. The first-order chi connectivity index (χ1) is 6.58. The van der Waals surface area contributed by atoms with Gasteiger partial charge in [-0.3, -0.25) is 0 Å². The Morgan fingerprint density at radius 2 is 0.765 bits per heavy atom. The SMILES string of the molecule is O=C1CCC(=O)[N-]1.O=C1CCC(=O)[N-]1.[Mo+6].[S-2].[S-2]. The van der Waals surface area contributed by atoms with Crippen LogP contribution in [0.3, 0.4) is 0 Å². The van der Waals surface area contributed by atoms with Gasteiger partial charge in [0.15, 0.2) is 0 Å². The van der Waals surface area contributed by atoms with Gasteiger partial charge in [-0.25, -0.2) is 0 Å². The van der Waals surface area contributed by atoms with Crippen molar-refractivity contribution in [2.45, 2.75) is 25.7 Å². The van der Waals surface area contributed by atoms with Crippen molar-refractivity contribution in [3.05, 3.63) is 10.6 Å². The van der Waals surface area contributed by atoms with E-state index in [0.29, 0.717) is 25.7 Å². The van der Waals surface area contributed by atoms with E-state index >= 15 is 0 Å². The molecule has 4 amide bonds. The summed E-state index contributed by atoms with van der Waals surface area (Å²) in [5.74, 6) is -1.09. The fourth-order valence-electron chi connectivity index (χ4n) is 0.930. The number of nitrogens with zero attached hydrogens (tertiary/aromatic N) is 2. The number of amides is 4. The van der Waals surface area contributed by atoms with E-state index in [1.54, 1.807) is 0 Å². The summed E-state index contributed by atoms with van der Waals surface area (Å²) in [5, 5.41) is 6.22. The zero-order valence-corrected chi connectivity index (χ0v) is 12.2. The average Bonchev–Trinajstić information content (AvgIpc) is 2.63. The van der Waals surface area contributed by atoms with E-state index in [-0.39, 0.29) is 71.7 Å². The van der Waals surface area contributed by atoms with Crippen molar-refractivity contribution in [3.63, 3.8) is 0 Å². The fourth-order valence-corrected chi connectivity index (χ4v) is 0.930. The van der Waals surface area contributed by atoms with Gasteiger partial charge < -0.3 is 56.8 Å². The quantitative estimate of drug-likeness (QED) is 0.464. The van der Waals surface area contributed by atoms with Gasteiger partial charge in [0, 0.05) is 0 Å². The molecule has 0 atom stereocenters. The molecule has 2 fully saturated rings. The van der Waals surface area contributed by atoms with Gasteiger partial charge in [0.25, 0.3) is 0 Å². The van der Waals surface area contributed by atoms with E-state index in [4.69, 9.17) is 0 Å². The largest absolute Gasteiger partial charge is 6.00 e. The maximum absolute atomic E-state index is 10.1. The molecular weight excluding hydrogens is 348 g/mol. The maximum Gasteiger partial charge on any atom is 6.00 e. The van der Waals surface area contributed by atoms with Gasteiger partial charge in [-0.2, -0.15) is 0 Å². The summed E-state index contributed by atoms with van der Waals surface area (Å²) < 4.78 is 0. The van der Waals surface area contributed by atoms with Crippen LogP contribution in [0, 0.1) is 0 Å². The second-order valence-corrected chi connectivity index (χ2v) is 2.80. The third-order valence-electron chi connectivity index (χ3n) is 1.60. The molecule has 0 aromatic carbocycles. The molecule has 2 saturated heterocycles. The standard InChI is InChI=1S/2C4H5NO2.Mo.2S/c2*6-3-1-2-4(7)5-3;;;/h2*1-2H2,(H,5,6,7);;;/q;;+6;2*-2/p-2. The Morgan fingerprint density at radius 1 is 0.588 bits per heavy atom. The number of rotatable bonds is 0. The van der Waals surface area contributed by atoms with Crippen molar-refractivity contribution < 1.29 is 40.2 Å². The molecule has 9 heteroatoms. The minimum absolute atomic E-state index is 0. The van der Waals surface area contributed by atoms with E-state index in [0.717, 1.165) is 0 Å². The smallest absolute Gasteiger partial charge is 2.00 e. The van der Waals surface area contributed by atoms with Gasteiger partial charge in [0.1, 0.15) is 0 Å². The summed E-state index contributed by atoms with van der Waals surface area (Å²) >= 11 is 0. The van der Waals surface area contributed by atoms with Gasteiger partial charge in [0.05, 0.1) is 23.6 Å². The van der Waals surface area contributed by atoms with Crippen molar-refractivity contribution >= 4 is 50.6 Å². The van der Waals surface area contributed by atoms with Crippen molar-refractivity contribution in [1.82, 2.24) is 0 Å². The second kappa shape index (κ2) is 10.8. The first kappa shape index (κ1) is 21.9. The number of carbonyl (C=O) groups is 4. The van der Waals surface area contributed by atoms with E-state index in [1.165, 1.54) is 0 Å². The van der Waals surface area contributed by atoms with E-state index < -0.39 is 0 Å². The molecule has 2 aliphatic heterocycles. The molecule has 0 aromatic rings. The topological polar surface area (TPSA) is 96.5 Å². The molecule has 0 spiro atoms. The number of hydrogen-bond acceptors (Lipinski definition) is 4. The van der Waals surface area contributed by atoms with E-state index in [1.807, 2.05) is 0 Å². The summed E-state index contributed by atoms with van der Waals surface area (Å²) in [6, 6.07) is 0. The first-order valence-electron chi connectivity index (χ1n) is 4.13. The van der Waals surface area contributed by atoms with Gasteiger partial charge in [0.2, 0.25) is 0 Å². The summed E-state index contributed by atoms with van der Waals surface area (Å²) in [6.45, 7) is 0. The fraction of sp³-hybridized carbons (Fsp3) is 0.500. The molecule has 0 aliphatic carbocycles. The molecule has 0 radical (unpaired) electrons. The third-order valence-corrected chi connectivity index (χ3v) is 1.60. The average molecular weight is 356 g/mol.